The van der Waals surface area contributed by atoms with Gasteiger partial charge in [-0.15, -0.1) is 11.3 Å². The van der Waals surface area contributed by atoms with E-state index in [-0.39, 0.29) is 25.2 Å². The first-order valence-electron chi connectivity index (χ1n) is 12.4. The second-order valence-corrected chi connectivity index (χ2v) is 11.8. The van der Waals surface area contributed by atoms with Crippen molar-refractivity contribution >= 4 is 68.5 Å². The molecule has 196 valence electrons. The van der Waals surface area contributed by atoms with E-state index in [0.29, 0.717) is 19.8 Å². The molecule has 2 amide bonds. The Morgan fingerprint density at radius 3 is 2.65 bits per heavy atom. The molecule has 7 nitrogen and oxygen atoms in total. The number of thiophene rings is 1. The first kappa shape index (κ1) is 27.3. The monoisotopic (exact) mass is 558 g/mol. The van der Waals surface area contributed by atoms with E-state index >= 15 is 0 Å². The van der Waals surface area contributed by atoms with Gasteiger partial charge in [-0.05, 0) is 64.2 Å². The molecule has 0 unspecified atom stereocenters. The van der Waals surface area contributed by atoms with Crippen molar-refractivity contribution in [1.82, 2.24) is 4.90 Å². The van der Waals surface area contributed by atoms with Gasteiger partial charge >= 0.3 is 5.97 Å². The van der Waals surface area contributed by atoms with Gasteiger partial charge in [0.2, 0.25) is 5.91 Å². The van der Waals surface area contributed by atoms with Gasteiger partial charge in [-0.1, -0.05) is 48.6 Å². The van der Waals surface area contributed by atoms with Crippen molar-refractivity contribution in [2.45, 2.75) is 59.0 Å². The number of para-hydroxylation sites is 1. The molecule has 2 heterocycles. The maximum atomic E-state index is 13.2. The molecule has 1 N–H and O–H groups in total. The normalized spacial score (nSPS) is 17.4. The molecule has 1 saturated carbocycles. The molecule has 1 saturated heterocycles. The Morgan fingerprint density at radius 1 is 1.19 bits per heavy atom. The van der Waals surface area contributed by atoms with Crippen molar-refractivity contribution in [2.75, 3.05) is 18.5 Å². The summed E-state index contributed by atoms with van der Waals surface area (Å²) in [5.74, 6) is -0.512. The van der Waals surface area contributed by atoms with Gasteiger partial charge in [0.1, 0.15) is 21.6 Å². The molecule has 4 rings (SSSR count). The van der Waals surface area contributed by atoms with Gasteiger partial charge in [0, 0.05) is 10.4 Å². The zero-order chi connectivity index (χ0) is 26.5. The Kier molecular flexibility index (Phi) is 9.04. The predicted molar refractivity (Wildman–Crippen MR) is 152 cm³/mol. The Balaban J connectivity index is 1.46. The van der Waals surface area contributed by atoms with E-state index in [1.807, 2.05) is 38.1 Å². The summed E-state index contributed by atoms with van der Waals surface area (Å²) in [4.78, 5) is 41.1. The number of carbonyl (C=O) groups excluding carboxylic acids is 3. The number of aryl methyl sites for hydroxylation is 1. The largest absolute Gasteiger partial charge is 0.490 e. The zero-order valence-corrected chi connectivity index (χ0v) is 23.6. The number of carbonyl (C=O) groups is 3. The highest BCUT2D eigenvalue weighted by atomic mass is 32.2. The Hall–Kier alpha value is -2.69. The van der Waals surface area contributed by atoms with Crippen LogP contribution < -0.4 is 10.1 Å². The fourth-order valence-corrected chi connectivity index (χ4v) is 6.63. The summed E-state index contributed by atoms with van der Waals surface area (Å²) in [6.45, 7) is 5.41. The summed E-state index contributed by atoms with van der Waals surface area (Å²) in [6, 6.07) is 7.65. The van der Waals surface area contributed by atoms with Gasteiger partial charge in [-0.2, -0.15) is 0 Å². The first-order chi connectivity index (χ1) is 17.8. The molecule has 2 fully saturated rings. The first-order valence-corrected chi connectivity index (χ1v) is 14.4. The van der Waals surface area contributed by atoms with E-state index < -0.39 is 11.9 Å². The van der Waals surface area contributed by atoms with Crippen LogP contribution in [0.2, 0.25) is 0 Å². The quantitative estimate of drug-likeness (QED) is 0.238. The lowest BCUT2D eigenvalue weighted by Gasteiger charge is -2.23. The smallest absolute Gasteiger partial charge is 0.341 e. The van der Waals surface area contributed by atoms with E-state index in [4.69, 9.17) is 21.7 Å². The number of thioether (sulfide) groups is 1. The van der Waals surface area contributed by atoms with Crippen LogP contribution in [0.4, 0.5) is 5.00 Å². The van der Waals surface area contributed by atoms with Crippen LogP contribution >= 0.6 is 35.3 Å². The highest BCUT2D eigenvalue weighted by molar-refractivity contribution is 8.26. The van der Waals surface area contributed by atoms with Crippen LogP contribution in [0.25, 0.3) is 6.08 Å². The van der Waals surface area contributed by atoms with Gasteiger partial charge in [-0.3, -0.25) is 14.5 Å². The highest BCUT2D eigenvalue weighted by Gasteiger charge is 2.34. The van der Waals surface area contributed by atoms with E-state index in [9.17, 15) is 14.4 Å². The number of esters is 1. The number of anilines is 1. The zero-order valence-electron chi connectivity index (χ0n) is 21.1. The molecule has 0 atom stereocenters. The summed E-state index contributed by atoms with van der Waals surface area (Å²) < 4.78 is 11.7. The number of hydrogen-bond acceptors (Lipinski definition) is 8. The van der Waals surface area contributed by atoms with Crippen LogP contribution in [-0.2, 0) is 14.3 Å². The van der Waals surface area contributed by atoms with E-state index in [0.717, 1.165) is 46.4 Å². The number of rotatable bonds is 8. The van der Waals surface area contributed by atoms with Crippen LogP contribution in [0.3, 0.4) is 0 Å². The fourth-order valence-electron chi connectivity index (χ4n) is 4.32. The van der Waals surface area contributed by atoms with Crippen LogP contribution in [0.5, 0.6) is 5.75 Å². The molecule has 0 spiro atoms. The van der Waals surface area contributed by atoms with Crippen LogP contribution in [0, 0.1) is 13.8 Å². The lowest BCUT2D eigenvalue weighted by atomic mass is 9.97. The van der Waals surface area contributed by atoms with Crippen molar-refractivity contribution < 1.29 is 23.9 Å². The van der Waals surface area contributed by atoms with Crippen molar-refractivity contribution in [1.29, 1.82) is 0 Å². The molecule has 1 aromatic carbocycles. The van der Waals surface area contributed by atoms with E-state index in [1.165, 1.54) is 35.5 Å². The Morgan fingerprint density at radius 2 is 1.92 bits per heavy atom. The van der Waals surface area contributed by atoms with Gasteiger partial charge in [0.15, 0.2) is 0 Å². The molecule has 1 aliphatic heterocycles. The van der Waals surface area contributed by atoms with Gasteiger partial charge < -0.3 is 14.8 Å². The lowest BCUT2D eigenvalue weighted by molar-refractivity contribution is -0.126. The minimum Gasteiger partial charge on any atom is -0.490 e. The molecule has 0 bridgehead atoms. The van der Waals surface area contributed by atoms with Crippen LogP contribution in [0.15, 0.2) is 29.2 Å². The molecule has 0 radical (unpaired) electrons. The number of benzene rings is 1. The second kappa shape index (κ2) is 12.2. The Bertz CT molecular complexity index is 1250. The minimum absolute atomic E-state index is 0.186. The maximum absolute atomic E-state index is 13.2. The lowest BCUT2D eigenvalue weighted by Crippen LogP contribution is -2.36. The summed E-state index contributed by atoms with van der Waals surface area (Å²) in [5, 5.41) is 3.19. The molecule has 2 aliphatic rings. The summed E-state index contributed by atoms with van der Waals surface area (Å²) in [5.41, 5.74) is 1.92. The van der Waals surface area contributed by atoms with Crippen LogP contribution in [0.1, 0.15) is 65.4 Å². The number of nitrogens with zero attached hydrogens (tertiary/aromatic N) is 1. The Labute approximate surface area is 230 Å². The maximum Gasteiger partial charge on any atom is 0.341 e. The third-order valence-corrected chi connectivity index (χ3v) is 8.85. The molecule has 2 aromatic rings. The fraction of sp³-hybridized carbons (Fsp3) is 0.407. The SMILES string of the molecule is CCOC(=O)c1c(NC(=O)CN2C(=O)/C(=C/c3ccccc3OC3CCCCC3)SC2=S)sc(C)c1C. The number of hydrogen-bond donors (Lipinski definition) is 1. The third kappa shape index (κ3) is 6.42. The van der Waals surface area contributed by atoms with Crippen LogP contribution in [-0.4, -0.2) is 46.3 Å². The summed E-state index contributed by atoms with van der Waals surface area (Å²) >= 11 is 7.89. The van der Waals surface area contributed by atoms with Gasteiger partial charge in [0.05, 0.1) is 23.2 Å². The van der Waals surface area contributed by atoms with Crippen molar-refractivity contribution in [3.05, 3.63) is 50.7 Å². The number of nitrogens with one attached hydrogen (secondary N) is 1. The van der Waals surface area contributed by atoms with Crippen molar-refractivity contribution in [3.8, 4) is 5.75 Å². The minimum atomic E-state index is -0.484. The van der Waals surface area contributed by atoms with E-state index in [1.54, 1.807) is 13.0 Å². The molecule has 37 heavy (non-hydrogen) atoms. The molecule has 10 heteroatoms. The third-order valence-electron chi connectivity index (χ3n) is 6.34. The summed E-state index contributed by atoms with van der Waals surface area (Å²) in [7, 11) is 0. The standard InChI is InChI=1S/C27H30N2O5S3/c1-4-33-26(32)23-16(2)17(3)36-24(23)28-22(30)15-29-25(31)21(37-27(29)35)14-18-10-8-9-13-20(18)34-19-11-6-5-7-12-19/h8-10,13-14,19H,4-7,11-12,15H2,1-3H3,(H,28,30)/b21-14-. The van der Waals surface area contributed by atoms with Crippen molar-refractivity contribution in [3.63, 3.8) is 0 Å². The number of amides is 2. The average Bonchev–Trinajstić information content (AvgIpc) is 3.29. The predicted octanol–water partition coefficient (Wildman–Crippen LogP) is 6.09. The highest BCUT2D eigenvalue weighted by Crippen LogP contribution is 2.36. The van der Waals surface area contributed by atoms with Gasteiger partial charge in [0.25, 0.3) is 5.91 Å². The second-order valence-electron chi connectivity index (χ2n) is 8.94. The molecular formula is C27H30N2O5S3. The van der Waals surface area contributed by atoms with E-state index in [2.05, 4.69) is 5.32 Å². The number of thiocarbonyl (C=S) groups is 1. The molecule has 1 aliphatic carbocycles. The molecular weight excluding hydrogens is 529 g/mol. The number of ether oxygens (including phenoxy) is 2. The average molecular weight is 559 g/mol. The molecule has 1 aromatic heterocycles. The summed E-state index contributed by atoms with van der Waals surface area (Å²) in [6.07, 6.45) is 7.61. The topological polar surface area (TPSA) is 84.9 Å². The van der Waals surface area contributed by atoms with Gasteiger partial charge in [-0.25, -0.2) is 4.79 Å². The van der Waals surface area contributed by atoms with Crippen molar-refractivity contribution in [2.24, 2.45) is 0 Å².